The van der Waals surface area contributed by atoms with E-state index >= 15 is 0 Å². The van der Waals surface area contributed by atoms with Gasteiger partial charge in [0.2, 0.25) is 0 Å². The van der Waals surface area contributed by atoms with Gasteiger partial charge in [-0.2, -0.15) is 0 Å². The topological polar surface area (TPSA) is 12.5 Å². The second kappa shape index (κ2) is 13.0. The van der Waals surface area contributed by atoms with Crippen molar-refractivity contribution in [2.24, 2.45) is 0 Å². The van der Waals surface area contributed by atoms with Gasteiger partial charge in [-0.3, -0.25) is 0 Å². The highest BCUT2D eigenvalue weighted by atomic mass is 16.5. The first-order chi connectivity index (χ1) is 28.0. The van der Waals surface area contributed by atoms with Crippen LogP contribution in [0, 0.1) is 0 Å². The van der Waals surface area contributed by atoms with Crippen molar-refractivity contribution in [1.82, 2.24) is 0 Å². The summed E-state index contributed by atoms with van der Waals surface area (Å²) in [5, 5.41) is 2.34. The molecule has 2 nitrogen and oxygen atoms in total. The molecule has 0 aromatic heterocycles. The Hall–Kier alpha value is -7.16. The molecule has 11 rings (SSSR count). The maximum Gasteiger partial charge on any atom is 0.137 e. The van der Waals surface area contributed by atoms with Crippen molar-refractivity contribution in [2.75, 3.05) is 4.90 Å². The van der Waals surface area contributed by atoms with Gasteiger partial charge < -0.3 is 9.64 Å². The second-order valence-electron chi connectivity index (χ2n) is 15.8. The van der Waals surface area contributed by atoms with Gasteiger partial charge in [0.05, 0.1) is 0 Å². The van der Waals surface area contributed by atoms with Crippen molar-refractivity contribution >= 4 is 27.8 Å². The predicted molar refractivity (Wildman–Crippen MR) is 238 cm³/mol. The van der Waals surface area contributed by atoms with Crippen LogP contribution in [0.4, 0.5) is 17.1 Å². The fourth-order valence-corrected chi connectivity index (χ4v) is 9.14. The minimum atomic E-state index is -0.136. The van der Waals surface area contributed by atoms with E-state index in [9.17, 15) is 0 Å². The summed E-state index contributed by atoms with van der Waals surface area (Å²) in [6, 6.07) is 72.6. The van der Waals surface area contributed by atoms with Crippen molar-refractivity contribution in [2.45, 2.75) is 19.3 Å². The van der Waals surface area contributed by atoms with Crippen molar-refractivity contribution < 1.29 is 4.74 Å². The molecule has 0 atom stereocenters. The van der Waals surface area contributed by atoms with Crippen LogP contribution in [-0.2, 0) is 5.41 Å². The van der Waals surface area contributed by atoms with E-state index in [0.29, 0.717) is 0 Å². The molecule has 1 heterocycles. The Balaban J connectivity index is 1.12. The molecular weight excluding hydrogens is 691 g/mol. The molecule has 0 saturated carbocycles. The number of rotatable bonds is 5. The maximum atomic E-state index is 7.12. The zero-order valence-corrected chi connectivity index (χ0v) is 31.9. The van der Waals surface area contributed by atoms with Crippen molar-refractivity contribution in [3.63, 3.8) is 0 Å². The van der Waals surface area contributed by atoms with Crippen LogP contribution in [0.3, 0.4) is 0 Å². The summed E-state index contributed by atoms with van der Waals surface area (Å²) in [5.74, 6) is 1.68. The molecule has 0 saturated heterocycles. The summed E-state index contributed by atoms with van der Waals surface area (Å²) < 4.78 is 7.12. The normalized spacial score (nSPS) is 13.0. The maximum absolute atomic E-state index is 7.12. The number of anilines is 3. The Morgan fingerprint density at radius 3 is 1.67 bits per heavy atom. The largest absolute Gasteiger partial charge is 0.456 e. The van der Waals surface area contributed by atoms with E-state index in [-0.39, 0.29) is 5.41 Å². The average molecular weight is 730 g/mol. The van der Waals surface area contributed by atoms with Crippen LogP contribution < -0.4 is 9.64 Å². The van der Waals surface area contributed by atoms with Gasteiger partial charge >= 0.3 is 0 Å². The fourth-order valence-electron chi connectivity index (χ4n) is 9.14. The first-order valence-corrected chi connectivity index (χ1v) is 19.7. The molecule has 0 unspecified atom stereocenters. The molecule has 1 aliphatic heterocycles. The van der Waals surface area contributed by atoms with Crippen LogP contribution in [0.2, 0.25) is 0 Å². The molecule has 0 fully saturated rings. The lowest BCUT2D eigenvalue weighted by Crippen LogP contribution is -2.16. The molecule has 9 aromatic rings. The summed E-state index contributed by atoms with van der Waals surface area (Å²) in [4.78, 5) is 2.39. The molecular formula is C55H39NO. The van der Waals surface area contributed by atoms with Crippen molar-refractivity contribution in [1.29, 1.82) is 0 Å². The standard InChI is InChI=1S/C55H39NO/c1-55(2)51-23-12-11-22-46(51)47-28-25-43(34-52(47)55)56(42-21-13-20-38(30-42)36-14-5-3-6-15-36)44-26-29-48-49-31-41(37-16-7-4-8-17-37)24-27-45(49)50-32-39-18-9-10-19-40(39)33-53(50)57-54(48)35-44/h3-35H,1-2H3. The van der Waals surface area contributed by atoms with Crippen molar-refractivity contribution in [3.8, 4) is 67.1 Å². The minimum absolute atomic E-state index is 0.136. The monoisotopic (exact) mass is 729 g/mol. The summed E-state index contributed by atoms with van der Waals surface area (Å²) in [6.45, 7) is 4.70. The van der Waals surface area contributed by atoms with Gasteiger partial charge in [0.25, 0.3) is 0 Å². The molecule has 57 heavy (non-hydrogen) atoms. The molecule has 0 amide bonds. The Morgan fingerprint density at radius 2 is 0.895 bits per heavy atom. The van der Waals surface area contributed by atoms with Gasteiger partial charge in [-0.15, -0.1) is 0 Å². The van der Waals surface area contributed by atoms with Gasteiger partial charge in [-0.25, -0.2) is 0 Å². The predicted octanol–water partition coefficient (Wildman–Crippen LogP) is 15.4. The zero-order valence-electron chi connectivity index (χ0n) is 31.9. The third-order valence-electron chi connectivity index (χ3n) is 12.0. The van der Waals surface area contributed by atoms with Gasteiger partial charge in [-0.1, -0.05) is 153 Å². The van der Waals surface area contributed by atoms with Crippen LogP contribution in [0.15, 0.2) is 200 Å². The van der Waals surface area contributed by atoms with Gasteiger partial charge in [0, 0.05) is 39.7 Å². The first kappa shape index (κ1) is 33.2. The smallest absolute Gasteiger partial charge is 0.137 e. The molecule has 0 N–H and O–H groups in total. The Bertz CT molecular complexity index is 3020. The number of hydrogen-bond acceptors (Lipinski definition) is 2. The number of hydrogen-bond donors (Lipinski definition) is 0. The summed E-state index contributed by atoms with van der Waals surface area (Å²) in [6.07, 6.45) is 0. The van der Waals surface area contributed by atoms with E-state index in [4.69, 9.17) is 4.74 Å². The van der Waals surface area contributed by atoms with Crippen LogP contribution in [0.25, 0.3) is 66.4 Å². The Kier molecular flexibility index (Phi) is 7.55. The molecule has 0 bridgehead atoms. The molecule has 0 radical (unpaired) electrons. The van der Waals surface area contributed by atoms with Crippen molar-refractivity contribution in [3.05, 3.63) is 211 Å². The molecule has 9 aromatic carbocycles. The van der Waals surface area contributed by atoms with E-state index in [1.165, 1.54) is 49.9 Å². The quantitative estimate of drug-likeness (QED) is 0.175. The van der Waals surface area contributed by atoms with Crippen LogP contribution in [0.5, 0.6) is 11.5 Å². The van der Waals surface area contributed by atoms with E-state index in [1.807, 2.05) is 0 Å². The van der Waals surface area contributed by atoms with E-state index in [1.54, 1.807) is 0 Å². The minimum Gasteiger partial charge on any atom is -0.456 e. The Morgan fingerprint density at radius 1 is 0.333 bits per heavy atom. The average Bonchev–Trinajstić information content (AvgIpc) is 3.40. The number of nitrogens with zero attached hydrogens (tertiary/aromatic N) is 1. The summed E-state index contributed by atoms with van der Waals surface area (Å²) >= 11 is 0. The highest BCUT2D eigenvalue weighted by molar-refractivity contribution is 5.99. The SMILES string of the molecule is CC1(C)c2ccccc2-c2ccc(N(c3cccc(-c4ccccc4)c3)c3ccc4c(c3)Oc3cc5ccccc5cc3-c3ccc(-c5ccccc5)cc3-4)cc21. The fraction of sp³-hybridized carbons (Fsp3) is 0.0545. The summed E-state index contributed by atoms with van der Waals surface area (Å²) in [7, 11) is 0. The third kappa shape index (κ3) is 5.48. The van der Waals surface area contributed by atoms with E-state index in [2.05, 4.69) is 219 Å². The van der Waals surface area contributed by atoms with Gasteiger partial charge in [-0.05, 0) is 121 Å². The van der Waals surface area contributed by atoms with Crippen LogP contribution in [0.1, 0.15) is 25.0 Å². The second-order valence-corrected chi connectivity index (χ2v) is 15.8. The molecule has 270 valence electrons. The lowest BCUT2D eigenvalue weighted by Gasteiger charge is -2.29. The van der Waals surface area contributed by atoms with E-state index < -0.39 is 0 Å². The van der Waals surface area contributed by atoms with E-state index in [0.717, 1.165) is 56.2 Å². The van der Waals surface area contributed by atoms with Gasteiger partial charge in [0.1, 0.15) is 11.5 Å². The van der Waals surface area contributed by atoms with Crippen LogP contribution >= 0.6 is 0 Å². The summed E-state index contributed by atoms with van der Waals surface area (Å²) in [5.41, 5.74) is 17.6. The highest BCUT2D eigenvalue weighted by Gasteiger charge is 2.36. The number of benzene rings is 9. The highest BCUT2D eigenvalue weighted by Crippen LogP contribution is 2.53. The molecule has 0 spiro atoms. The third-order valence-corrected chi connectivity index (χ3v) is 12.0. The Labute approximate surface area is 333 Å². The zero-order chi connectivity index (χ0) is 38.1. The molecule has 2 aliphatic rings. The first-order valence-electron chi connectivity index (χ1n) is 19.7. The number of ether oxygens (including phenoxy) is 1. The number of fused-ring (bicyclic) bond motifs is 9. The lowest BCUT2D eigenvalue weighted by molar-refractivity contribution is 0.488. The van der Waals surface area contributed by atoms with Crippen LogP contribution in [-0.4, -0.2) is 0 Å². The molecule has 1 aliphatic carbocycles. The lowest BCUT2D eigenvalue weighted by atomic mass is 9.82. The molecule has 2 heteroatoms. The van der Waals surface area contributed by atoms with Gasteiger partial charge in [0.15, 0.2) is 0 Å².